The summed E-state index contributed by atoms with van der Waals surface area (Å²) in [6, 6.07) is 8.72. The molecular formula is C17H16FN3O6. The van der Waals surface area contributed by atoms with Gasteiger partial charge in [0.1, 0.15) is 11.6 Å². The van der Waals surface area contributed by atoms with E-state index in [1.807, 2.05) is 0 Å². The van der Waals surface area contributed by atoms with E-state index in [1.54, 1.807) is 6.92 Å². The number of hydrogen-bond donors (Lipinski definition) is 2. The first-order valence-electron chi connectivity index (χ1n) is 7.79. The summed E-state index contributed by atoms with van der Waals surface area (Å²) >= 11 is 0. The molecule has 0 saturated heterocycles. The van der Waals surface area contributed by atoms with Gasteiger partial charge in [0.15, 0.2) is 12.4 Å². The average Bonchev–Trinajstić information content (AvgIpc) is 2.66. The van der Waals surface area contributed by atoms with Gasteiger partial charge in [-0.2, -0.15) is 0 Å². The van der Waals surface area contributed by atoms with Gasteiger partial charge >= 0.3 is 5.69 Å². The minimum absolute atomic E-state index is 0.0371. The van der Waals surface area contributed by atoms with E-state index in [4.69, 9.17) is 9.47 Å². The Morgan fingerprint density at radius 1 is 1.11 bits per heavy atom. The molecule has 10 heteroatoms. The van der Waals surface area contributed by atoms with Crippen molar-refractivity contribution in [3.63, 3.8) is 0 Å². The van der Waals surface area contributed by atoms with Crippen molar-refractivity contribution < 1.29 is 28.4 Å². The number of amides is 2. The Kier molecular flexibility index (Phi) is 6.64. The molecule has 0 bridgehead atoms. The molecule has 2 N–H and O–H groups in total. The smallest absolute Gasteiger partial charge is 0.311 e. The van der Waals surface area contributed by atoms with Crippen molar-refractivity contribution >= 4 is 17.5 Å². The van der Waals surface area contributed by atoms with Gasteiger partial charge in [-0.15, -0.1) is 0 Å². The highest BCUT2D eigenvalue weighted by Crippen LogP contribution is 2.27. The molecule has 0 fully saturated rings. The molecule has 0 aliphatic carbocycles. The summed E-state index contributed by atoms with van der Waals surface area (Å²) < 4.78 is 23.0. The fraction of sp³-hybridized carbons (Fsp3) is 0.176. The summed E-state index contributed by atoms with van der Waals surface area (Å²) in [7, 11) is 0. The second kappa shape index (κ2) is 9.13. The van der Waals surface area contributed by atoms with Crippen molar-refractivity contribution in [1.29, 1.82) is 0 Å². The first-order chi connectivity index (χ1) is 12.9. The van der Waals surface area contributed by atoms with Gasteiger partial charge in [0.05, 0.1) is 11.5 Å². The van der Waals surface area contributed by atoms with Gasteiger partial charge in [0.2, 0.25) is 0 Å². The van der Waals surface area contributed by atoms with E-state index in [1.165, 1.54) is 36.4 Å². The summed E-state index contributed by atoms with van der Waals surface area (Å²) in [5.41, 5.74) is 3.83. The number of carbonyl (C=O) groups excluding carboxylic acids is 2. The molecule has 0 aromatic heterocycles. The Balaban J connectivity index is 1.90. The molecule has 0 spiro atoms. The van der Waals surface area contributed by atoms with Crippen LogP contribution in [0.5, 0.6) is 11.5 Å². The lowest BCUT2D eigenvalue weighted by atomic mass is 10.2. The molecule has 9 nitrogen and oxygen atoms in total. The highest BCUT2D eigenvalue weighted by molar-refractivity contribution is 5.96. The molecule has 0 aliphatic heterocycles. The quantitative estimate of drug-likeness (QED) is 0.562. The number of benzene rings is 2. The van der Waals surface area contributed by atoms with Crippen molar-refractivity contribution in [2.24, 2.45) is 0 Å². The minimum Gasteiger partial charge on any atom is -0.487 e. The number of nitrogens with one attached hydrogen (secondary N) is 2. The minimum atomic E-state index is -0.753. The predicted octanol–water partition coefficient (Wildman–Crippen LogP) is 1.97. The van der Waals surface area contributed by atoms with Gasteiger partial charge in [-0.25, -0.2) is 4.39 Å². The molecule has 0 atom stereocenters. The summed E-state index contributed by atoms with van der Waals surface area (Å²) in [4.78, 5) is 34.1. The first-order valence-corrected chi connectivity index (χ1v) is 7.79. The molecule has 27 heavy (non-hydrogen) atoms. The largest absolute Gasteiger partial charge is 0.487 e. The Morgan fingerprint density at radius 3 is 2.44 bits per heavy atom. The zero-order chi connectivity index (χ0) is 19.8. The molecule has 2 amide bonds. The van der Waals surface area contributed by atoms with Crippen LogP contribution in [0.2, 0.25) is 0 Å². The Morgan fingerprint density at radius 2 is 1.81 bits per heavy atom. The van der Waals surface area contributed by atoms with Crippen LogP contribution in [0.1, 0.15) is 17.3 Å². The normalized spacial score (nSPS) is 10.0. The standard InChI is InChI=1S/C17H16FN3O6/c1-2-26-15-8-3-11(9-14(15)21(24)25)17(23)20-19-16(22)10-27-13-6-4-12(18)5-7-13/h3-9H,2,10H2,1H3,(H,19,22)(H,20,23). The van der Waals surface area contributed by atoms with Crippen molar-refractivity contribution in [3.05, 3.63) is 64.0 Å². The number of nitro groups is 1. The lowest BCUT2D eigenvalue weighted by molar-refractivity contribution is -0.385. The van der Waals surface area contributed by atoms with Gasteiger partial charge in [0.25, 0.3) is 11.8 Å². The third kappa shape index (κ3) is 5.66. The van der Waals surface area contributed by atoms with Crippen LogP contribution < -0.4 is 20.3 Å². The van der Waals surface area contributed by atoms with E-state index in [-0.39, 0.29) is 29.4 Å². The SMILES string of the molecule is CCOc1ccc(C(=O)NNC(=O)COc2ccc(F)cc2)cc1[N+](=O)[O-]. The van der Waals surface area contributed by atoms with Gasteiger partial charge in [-0.3, -0.25) is 30.6 Å². The summed E-state index contributed by atoms with van der Waals surface area (Å²) in [5.74, 6) is -1.55. The first kappa shape index (κ1) is 19.6. The highest BCUT2D eigenvalue weighted by Gasteiger charge is 2.19. The molecule has 0 heterocycles. The van der Waals surface area contributed by atoms with Crippen LogP contribution in [-0.2, 0) is 4.79 Å². The molecule has 2 aromatic carbocycles. The van der Waals surface area contributed by atoms with Crippen LogP contribution in [0, 0.1) is 15.9 Å². The number of halogens is 1. The number of nitro benzene ring substituents is 1. The van der Waals surface area contributed by atoms with Gasteiger partial charge in [-0.05, 0) is 43.3 Å². The van der Waals surface area contributed by atoms with Gasteiger partial charge < -0.3 is 9.47 Å². The molecule has 0 unspecified atom stereocenters. The molecule has 142 valence electrons. The number of carbonyl (C=O) groups is 2. The van der Waals surface area contributed by atoms with E-state index in [2.05, 4.69) is 10.9 Å². The lowest BCUT2D eigenvalue weighted by Gasteiger charge is -2.10. The molecule has 0 radical (unpaired) electrons. The Labute approximate surface area is 153 Å². The molecule has 2 aromatic rings. The van der Waals surface area contributed by atoms with Crippen molar-refractivity contribution in [3.8, 4) is 11.5 Å². The zero-order valence-corrected chi connectivity index (χ0v) is 14.2. The number of nitrogens with zero attached hydrogens (tertiary/aromatic N) is 1. The highest BCUT2D eigenvalue weighted by atomic mass is 19.1. The fourth-order valence-corrected chi connectivity index (χ4v) is 1.99. The van der Waals surface area contributed by atoms with Crippen molar-refractivity contribution in [2.45, 2.75) is 6.92 Å². The average molecular weight is 377 g/mol. The third-order valence-corrected chi connectivity index (χ3v) is 3.22. The monoisotopic (exact) mass is 377 g/mol. The van der Waals surface area contributed by atoms with Crippen LogP contribution >= 0.6 is 0 Å². The molecule has 0 aliphatic rings. The molecule has 0 saturated carbocycles. The van der Waals surface area contributed by atoms with Crippen LogP contribution in [0.3, 0.4) is 0 Å². The third-order valence-electron chi connectivity index (χ3n) is 3.22. The van der Waals surface area contributed by atoms with Crippen LogP contribution in [0.15, 0.2) is 42.5 Å². The topological polar surface area (TPSA) is 120 Å². The maximum atomic E-state index is 12.8. The maximum Gasteiger partial charge on any atom is 0.311 e. The summed E-state index contributed by atoms with van der Waals surface area (Å²) in [6.07, 6.45) is 0. The number of hydrogen-bond acceptors (Lipinski definition) is 6. The number of rotatable bonds is 7. The summed E-state index contributed by atoms with van der Waals surface area (Å²) in [6.45, 7) is 1.49. The zero-order valence-electron chi connectivity index (χ0n) is 14.2. The van der Waals surface area contributed by atoms with E-state index < -0.39 is 29.2 Å². The lowest BCUT2D eigenvalue weighted by Crippen LogP contribution is -2.43. The van der Waals surface area contributed by atoms with E-state index in [0.717, 1.165) is 6.07 Å². The van der Waals surface area contributed by atoms with Gasteiger partial charge in [0, 0.05) is 11.6 Å². The molecular weight excluding hydrogens is 361 g/mol. The summed E-state index contributed by atoms with van der Waals surface area (Å²) in [5, 5.41) is 11.1. The van der Waals surface area contributed by atoms with E-state index >= 15 is 0 Å². The van der Waals surface area contributed by atoms with Crippen LogP contribution in [-0.4, -0.2) is 30.0 Å². The van der Waals surface area contributed by atoms with Crippen LogP contribution in [0.25, 0.3) is 0 Å². The van der Waals surface area contributed by atoms with Gasteiger partial charge in [-0.1, -0.05) is 0 Å². The van der Waals surface area contributed by atoms with E-state index in [9.17, 15) is 24.1 Å². The van der Waals surface area contributed by atoms with Crippen molar-refractivity contribution in [2.75, 3.05) is 13.2 Å². The van der Waals surface area contributed by atoms with E-state index in [0.29, 0.717) is 0 Å². The van der Waals surface area contributed by atoms with Crippen LogP contribution in [0.4, 0.5) is 10.1 Å². The number of hydrazine groups is 1. The second-order valence-corrected chi connectivity index (χ2v) is 5.12. The molecule has 2 rings (SSSR count). The Hall–Kier alpha value is -3.69. The number of ether oxygens (including phenoxy) is 2. The second-order valence-electron chi connectivity index (χ2n) is 5.12. The van der Waals surface area contributed by atoms with Crippen molar-refractivity contribution in [1.82, 2.24) is 10.9 Å². The maximum absolute atomic E-state index is 12.8. The Bertz CT molecular complexity index is 841. The fourth-order valence-electron chi connectivity index (χ4n) is 1.99. The predicted molar refractivity (Wildman–Crippen MR) is 91.8 cm³/mol.